The average molecular weight is 351 g/mol. The Morgan fingerprint density at radius 3 is 2.25 bits per heavy atom. The predicted octanol–water partition coefficient (Wildman–Crippen LogP) is 2.18. The zero-order valence-electron chi connectivity index (χ0n) is 14.4. The van der Waals surface area contributed by atoms with Gasteiger partial charge in [0.05, 0.1) is 4.90 Å². The van der Waals surface area contributed by atoms with Crippen LogP contribution in [0.4, 0.5) is 4.79 Å². The summed E-state index contributed by atoms with van der Waals surface area (Å²) in [5, 5.41) is 2.71. The highest BCUT2D eigenvalue weighted by atomic mass is 32.2. The van der Waals surface area contributed by atoms with E-state index in [1.54, 1.807) is 35.4 Å². The number of urea groups is 1. The molecule has 2 amide bonds. The maximum atomic E-state index is 12.6. The highest BCUT2D eigenvalue weighted by Gasteiger charge is 2.29. The van der Waals surface area contributed by atoms with E-state index in [0.717, 1.165) is 5.56 Å². The van der Waals surface area contributed by atoms with Gasteiger partial charge >= 0.3 is 6.03 Å². The third kappa shape index (κ3) is 4.58. The van der Waals surface area contributed by atoms with Crippen LogP contribution in [0.2, 0.25) is 0 Å². The van der Waals surface area contributed by atoms with Gasteiger partial charge in [-0.25, -0.2) is 13.2 Å². The lowest BCUT2D eigenvalue weighted by molar-refractivity contribution is 0.175. The first-order valence-electron chi connectivity index (χ1n) is 8.09. The molecule has 2 rings (SSSR count). The van der Waals surface area contributed by atoms with Gasteiger partial charge in [-0.1, -0.05) is 37.6 Å². The molecule has 0 saturated carbocycles. The fourth-order valence-electron chi connectivity index (χ4n) is 2.39. The van der Waals surface area contributed by atoms with Crippen LogP contribution in [-0.2, 0) is 10.0 Å². The molecule has 6 nitrogen and oxygen atoms in total. The van der Waals surface area contributed by atoms with E-state index in [2.05, 4.69) is 5.32 Å². The number of nitrogens with one attached hydrogen (secondary N) is 1. The molecule has 1 aliphatic heterocycles. The van der Waals surface area contributed by atoms with E-state index in [0.29, 0.717) is 37.0 Å². The molecule has 1 saturated heterocycles. The molecule has 0 spiro atoms. The first kappa shape index (κ1) is 18.5. The van der Waals surface area contributed by atoms with Crippen molar-refractivity contribution in [3.63, 3.8) is 0 Å². The van der Waals surface area contributed by atoms with Gasteiger partial charge in [0.2, 0.25) is 10.0 Å². The van der Waals surface area contributed by atoms with Crippen molar-refractivity contribution < 1.29 is 13.2 Å². The molecule has 0 radical (unpaired) electrons. The van der Waals surface area contributed by atoms with Crippen LogP contribution in [0.1, 0.15) is 19.4 Å². The molecule has 0 aromatic heterocycles. The van der Waals surface area contributed by atoms with Gasteiger partial charge in [-0.2, -0.15) is 4.31 Å². The first-order chi connectivity index (χ1) is 11.3. The molecule has 7 heteroatoms. The van der Waals surface area contributed by atoms with Gasteiger partial charge in [-0.3, -0.25) is 0 Å². The van der Waals surface area contributed by atoms with Crippen molar-refractivity contribution >= 4 is 16.1 Å². The van der Waals surface area contributed by atoms with Crippen molar-refractivity contribution in [2.24, 2.45) is 5.92 Å². The summed E-state index contributed by atoms with van der Waals surface area (Å²) in [7, 11) is -3.50. The van der Waals surface area contributed by atoms with Crippen LogP contribution in [0.25, 0.3) is 0 Å². The van der Waals surface area contributed by atoms with Crippen molar-refractivity contribution in [3.05, 3.63) is 42.1 Å². The normalized spacial score (nSPS) is 16.8. The van der Waals surface area contributed by atoms with Gasteiger partial charge in [-0.05, 0) is 25.0 Å². The highest BCUT2D eigenvalue weighted by molar-refractivity contribution is 7.89. The zero-order valence-corrected chi connectivity index (χ0v) is 15.2. The third-order valence-electron chi connectivity index (χ3n) is 3.87. The maximum absolute atomic E-state index is 12.6. The fourth-order valence-corrected chi connectivity index (χ4v) is 3.82. The summed E-state index contributed by atoms with van der Waals surface area (Å²) < 4.78 is 26.7. The second-order valence-electron chi connectivity index (χ2n) is 6.26. The van der Waals surface area contributed by atoms with Gasteiger partial charge < -0.3 is 10.2 Å². The van der Waals surface area contributed by atoms with Crippen LogP contribution in [0.3, 0.4) is 0 Å². The predicted molar refractivity (Wildman–Crippen MR) is 94.0 cm³/mol. The number of nitrogens with zero attached hydrogens (tertiary/aromatic N) is 2. The molecule has 0 atom stereocenters. The van der Waals surface area contributed by atoms with Crippen LogP contribution >= 0.6 is 0 Å². The highest BCUT2D eigenvalue weighted by Crippen LogP contribution is 2.18. The number of hydrogen-bond donors (Lipinski definition) is 1. The molecular formula is C17H25N3O3S. The number of carbonyl (C=O) groups excluding carboxylic acids is 1. The van der Waals surface area contributed by atoms with E-state index in [9.17, 15) is 13.2 Å². The topological polar surface area (TPSA) is 69.7 Å². The molecule has 0 bridgehead atoms. The van der Waals surface area contributed by atoms with Gasteiger partial charge in [0.25, 0.3) is 0 Å². The molecule has 1 fully saturated rings. The van der Waals surface area contributed by atoms with Crippen LogP contribution in [-0.4, -0.2) is 49.8 Å². The monoisotopic (exact) mass is 351 g/mol. The molecular weight excluding hydrogens is 326 g/mol. The maximum Gasteiger partial charge on any atom is 0.321 e. The van der Waals surface area contributed by atoms with Gasteiger partial charge in [-0.15, -0.1) is 0 Å². The van der Waals surface area contributed by atoms with E-state index >= 15 is 0 Å². The summed E-state index contributed by atoms with van der Waals surface area (Å²) in [5.74, 6) is 0.363. The van der Waals surface area contributed by atoms with Gasteiger partial charge in [0, 0.05) is 32.4 Å². The summed E-state index contributed by atoms with van der Waals surface area (Å²) >= 11 is 0. The Hall–Kier alpha value is -1.86. The summed E-state index contributed by atoms with van der Waals surface area (Å²) in [4.78, 5) is 14.0. The number of rotatable bonds is 4. The van der Waals surface area contributed by atoms with Crippen molar-refractivity contribution in [1.82, 2.24) is 14.5 Å². The lowest BCUT2D eigenvalue weighted by atomic mass is 10.2. The fraction of sp³-hybridized carbons (Fsp3) is 0.471. The molecule has 24 heavy (non-hydrogen) atoms. The number of hydrogen-bond acceptors (Lipinski definition) is 3. The van der Waals surface area contributed by atoms with Gasteiger partial charge in [0.15, 0.2) is 0 Å². The lowest BCUT2D eigenvalue weighted by Crippen LogP contribution is -2.52. The third-order valence-corrected chi connectivity index (χ3v) is 5.79. The largest absolute Gasteiger partial charge is 0.322 e. The Labute approximate surface area is 144 Å². The van der Waals surface area contributed by atoms with E-state index in [-0.39, 0.29) is 6.03 Å². The average Bonchev–Trinajstić information content (AvgIpc) is 2.55. The minimum absolute atomic E-state index is 0.195. The molecule has 0 aliphatic carbocycles. The second kappa shape index (κ2) is 7.81. The van der Waals surface area contributed by atoms with Crippen LogP contribution in [0.5, 0.6) is 0 Å². The van der Waals surface area contributed by atoms with E-state index in [4.69, 9.17) is 0 Å². The molecule has 1 N–H and O–H groups in total. The minimum atomic E-state index is -3.50. The van der Waals surface area contributed by atoms with Crippen molar-refractivity contribution in [2.45, 2.75) is 25.7 Å². The first-order valence-corrected chi connectivity index (χ1v) is 9.53. The van der Waals surface area contributed by atoms with Crippen molar-refractivity contribution in [3.8, 4) is 0 Å². The van der Waals surface area contributed by atoms with Gasteiger partial charge in [0.1, 0.15) is 0 Å². The molecule has 1 aromatic carbocycles. The summed E-state index contributed by atoms with van der Waals surface area (Å²) in [6, 6.07) is 6.63. The molecule has 1 aliphatic rings. The number of sulfonamides is 1. The Balaban J connectivity index is 1.94. The van der Waals surface area contributed by atoms with Crippen LogP contribution in [0, 0.1) is 12.8 Å². The Morgan fingerprint density at radius 1 is 1.12 bits per heavy atom. The standard InChI is InChI=1S/C17H25N3O3S/c1-14(2)8-9-18-17(21)19-10-12-20(13-11-19)24(22,23)16-6-4-15(3)5-7-16/h4-9,14H,10-13H2,1-3H3,(H,18,21)/b9-8+. The van der Waals surface area contributed by atoms with Crippen molar-refractivity contribution in [1.29, 1.82) is 0 Å². The lowest BCUT2D eigenvalue weighted by Gasteiger charge is -2.33. The number of aryl methyl sites for hydroxylation is 1. The number of allylic oxidation sites excluding steroid dienone is 1. The molecule has 0 unspecified atom stereocenters. The van der Waals surface area contributed by atoms with E-state index in [1.807, 2.05) is 26.8 Å². The summed E-state index contributed by atoms with van der Waals surface area (Å²) in [6.07, 6.45) is 3.54. The quantitative estimate of drug-likeness (QED) is 0.904. The minimum Gasteiger partial charge on any atom is -0.322 e. The Bertz CT molecular complexity index is 688. The summed E-state index contributed by atoms with van der Waals surface area (Å²) in [6.45, 7) is 7.34. The van der Waals surface area contributed by atoms with Crippen LogP contribution in [0.15, 0.2) is 41.4 Å². The second-order valence-corrected chi connectivity index (χ2v) is 8.19. The molecule has 132 valence electrons. The number of piperazine rings is 1. The summed E-state index contributed by atoms with van der Waals surface area (Å²) in [5.41, 5.74) is 1.02. The van der Waals surface area contributed by atoms with E-state index in [1.165, 1.54) is 4.31 Å². The Kier molecular flexibility index (Phi) is 6.01. The molecule has 1 heterocycles. The number of benzene rings is 1. The number of carbonyl (C=O) groups is 1. The van der Waals surface area contributed by atoms with Crippen molar-refractivity contribution in [2.75, 3.05) is 26.2 Å². The van der Waals surface area contributed by atoms with E-state index < -0.39 is 10.0 Å². The molecule has 1 aromatic rings. The smallest absolute Gasteiger partial charge is 0.321 e. The zero-order chi connectivity index (χ0) is 17.7. The SMILES string of the molecule is Cc1ccc(S(=O)(=O)N2CCN(C(=O)N/C=C/C(C)C)CC2)cc1. The number of amides is 2. The Morgan fingerprint density at radius 2 is 1.71 bits per heavy atom. The van der Waals surface area contributed by atoms with Crippen LogP contribution < -0.4 is 5.32 Å².